The number of sulfonamides is 1. The second-order valence-electron chi connectivity index (χ2n) is 6.83. The topological polar surface area (TPSA) is 81.7 Å². The number of hydrogen-bond donors (Lipinski definition) is 1. The van der Waals surface area contributed by atoms with Crippen LogP contribution in [0, 0.1) is 0 Å². The van der Waals surface area contributed by atoms with Gasteiger partial charge in [-0.3, -0.25) is 4.79 Å². The van der Waals surface area contributed by atoms with Gasteiger partial charge in [-0.25, -0.2) is 13.1 Å². The van der Waals surface area contributed by atoms with Gasteiger partial charge < -0.3 is 9.47 Å². The van der Waals surface area contributed by atoms with Gasteiger partial charge in [0.05, 0.1) is 18.1 Å². The van der Waals surface area contributed by atoms with Crippen molar-refractivity contribution < 1.29 is 22.7 Å². The molecule has 0 spiro atoms. The summed E-state index contributed by atoms with van der Waals surface area (Å²) in [5.74, 6) is 1.06. The van der Waals surface area contributed by atoms with Gasteiger partial charge in [0.2, 0.25) is 10.0 Å². The quantitative estimate of drug-likeness (QED) is 0.542. The monoisotopic (exact) mass is 419 g/mol. The first-order valence-electron chi connectivity index (χ1n) is 9.81. The average molecular weight is 420 g/mol. The zero-order valence-corrected chi connectivity index (χ0v) is 18.2. The highest BCUT2D eigenvalue weighted by molar-refractivity contribution is 7.89. The van der Waals surface area contributed by atoms with Gasteiger partial charge in [-0.15, -0.1) is 0 Å². The largest absolute Gasteiger partial charge is 0.490 e. The van der Waals surface area contributed by atoms with Gasteiger partial charge in [0.25, 0.3) is 0 Å². The molecule has 0 aromatic heterocycles. The number of hydrogen-bond acceptors (Lipinski definition) is 5. The highest BCUT2D eigenvalue weighted by Gasteiger charge is 2.20. The Balaban J connectivity index is 2.25. The van der Waals surface area contributed by atoms with Gasteiger partial charge in [0.15, 0.2) is 17.3 Å². The van der Waals surface area contributed by atoms with Crippen LogP contribution in [0.5, 0.6) is 11.5 Å². The molecule has 1 N–H and O–H groups in total. The Labute approximate surface area is 173 Å². The second kappa shape index (κ2) is 10.4. The van der Waals surface area contributed by atoms with Crippen molar-refractivity contribution in [2.75, 3.05) is 13.2 Å². The molecular formula is C22H29NO5S. The summed E-state index contributed by atoms with van der Waals surface area (Å²) in [7, 11) is -3.79. The third-order valence-electron chi connectivity index (χ3n) is 4.27. The SMILES string of the molecule is CCCOc1ccc(C(C)NS(=O)(=O)c2cccc(C(C)=O)c2)cc1OCCC. The summed E-state index contributed by atoms with van der Waals surface area (Å²) in [4.78, 5) is 11.6. The molecule has 1 atom stereocenters. The number of ether oxygens (including phenoxy) is 2. The Kier molecular flexibility index (Phi) is 8.22. The number of carbonyl (C=O) groups excluding carboxylic acids is 1. The zero-order chi connectivity index (χ0) is 21.4. The van der Waals surface area contributed by atoms with Crippen LogP contribution in [0.2, 0.25) is 0 Å². The highest BCUT2D eigenvalue weighted by Crippen LogP contribution is 2.31. The number of nitrogens with one attached hydrogen (secondary N) is 1. The van der Waals surface area contributed by atoms with Gasteiger partial charge in [0.1, 0.15) is 0 Å². The molecule has 2 rings (SSSR count). The molecule has 2 aromatic rings. The van der Waals surface area contributed by atoms with E-state index in [4.69, 9.17) is 9.47 Å². The normalized spacial score (nSPS) is 12.4. The van der Waals surface area contributed by atoms with E-state index in [-0.39, 0.29) is 10.7 Å². The number of carbonyl (C=O) groups is 1. The second-order valence-corrected chi connectivity index (χ2v) is 8.54. The minimum Gasteiger partial charge on any atom is -0.490 e. The van der Waals surface area contributed by atoms with Crippen molar-refractivity contribution in [1.29, 1.82) is 0 Å². The van der Waals surface area contributed by atoms with Crippen LogP contribution < -0.4 is 14.2 Å². The summed E-state index contributed by atoms with van der Waals surface area (Å²) in [6.45, 7) is 8.33. The summed E-state index contributed by atoms with van der Waals surface area (Å²) < 4.78 is 39.7. The fourth-order valence-electron chi connectivity index (χ4n) is 2.70. The molecule has 2 aromatic carbocycles. The summed E-state index contributed by atoms with van der Waals surface area (Å²) in [6, 6.07) is 10.9. The number of Topliss-reactive ketones (excluding diaryl/α,β-unsaturated/α-hetero) is 1. The van der Waals surface area contributed by atoms with Gasteiger partial charge in [-0.1, -0.05) is 32.0 Å². The summed E-state index contributed by atoms with van der Waals surface area (Å²) in [5.41, 5.74) is 1.11. The minimum absolute atomic E-state index is 0.0578. The molecule has 6 nitrogen and oxygen atoms in total. The van der Waals surface area contributed by atoms with E-state index in [1.54, 1.807) is 31.2 Å². The van der Waals surface area contributed by atoms with Gasteiger partial charge in [-0.2, -0.15) is 0 Å². The maximum atomic E-state index is 12.8. The summed E-state index contributed by atoms with van der Waals surface area (Å²) in [5, 5.41) is 0. The van der Waals surface area contributed by atoms with E-state index in [1.807, 2.05) is 19.9 Å². The fourth-order valence-corrected chi connectivity index (χ4v) is 3.98. The summed E-state index contributed by atoms with van der Waals surface area (Å²) in [6.07, 6.45) is 1.73. The molecule has 0 bridgehead atoms. The van der Waals surface area contributed by atoms with E-state index >= 15 is 0 Å². The molecule has 0 amide bonds. The van der Waals surface area contributed by atoms with Crippen LogP contribution in [-0.4, -0.2) is 27.4 Å². The maximum absolute atomic E-state index is 12.8. The minimum atomic E-state index is -3.79. The number of ketones is 1. The molecule has 7 heteroatoms. The molecule has 158 valence electrons. The molecule has 1 unspecified atom stereocenters. The van der Waals surface area contributed by atoms with Gasteiger partial charge in [-0.05, 0) is 56.5 Å². The molecule has 0 saturated carbocycles. The zero-order valence-electron chi connectivity index (χ0n) is 17.4. The van der Waals surface area contributed by atoms with Crippen molar-refractivity contribution in [3.05, 3.63) is 53.6 Å². The maximum Gasteiger partial charge on any atom is 0.241 e. The Morgan fingerprint density at radius 2 is 1.66 bits per heavy atom. The van der Waals surface area contributed by atoms with Crippen molar-refractivity contribution in [1.82, 2.24) is 4.72 Å². The van der Waals surface area contributed by atoms with Crippen LogP contribution in [-0.2, 0) is 10.0 Å². The van der Waals surface area contributed by atoms with Crippen molar-refractivity contribution in [3.8, 4) is 11.5 Å². The Morgan fingerprint density at radius 3 is 2.28 bits per heavy atom. The number of rotatable bonds is 11. The molecule has 29 heavy (non-hydrogen) atoms. The van der Waals surface area contributed by atoms with Crippen LogP contribution in [0.1, 0.15) is 62.5 Å². The molecule has 0 aliphatic rings. The lowest BCUT2D eigenvalue weighted by molar-refractivity contribution is 0.101. The van der Waals surface area contributed by atoms with Crippen molar-refractivity contribution in [2.24, 2.45) is 0 Å². The molecule has 0 aliphatic heterocycles. The van der Waals surface area contributed by atoms with E-state index in [9.17, 15) is 13.2 Å². The van der Waals surface area contributed by atoms with Crippen molar-refractivity contribution >= 4 is 15.8 Å². The molecule has 0 heterocycles. The molecule has 0 aliphatic carbocycles. The first kappa shape index (κ1) is 22.9. The van der Waals surface area contributed by atoms with Crippen molar-refractivity contribution in [3.63, 3.8) is 0 Å². The van der Waals surface area contributed by atoms with E-state index in [1.165, 1.54) is 19.1 Å². The summed E-state index contributed by atoms with van der Waals surface area (Å²) >= 11 is 0. The van der Waals surface area contributed by atoms with Crippen LogP contribution >= 0.6 is 0 Å². The Morgan fingerprint density at radius 1 is 1.00 bits per heavy atom. The molecule has 0 radical (unpaired) electrons. The average Bonchev–Trinajstić information content (AvgIpc) is 2.70. The van der Waals surface area contributed by atoms with Crippen LogP contribution in [0.3, 0.4) is 0 Å². The third kappa shape index (κ3) is 6.30. The smallest absolute Gasteiger partial charge is 0.241 e. The lowest BCUT2D eigenvalue weighted by Crippen LogP contribution is -2.27. The van der Waals surface area contributed by atoms with E-state index in [2.05, 4.69) is 4.72 Å². The lowest BCUT2D eigenvalue weighted by Gasteiger charge is -2.18. The Bertz CT molecular complexity index is 940. The van der Waals surface area contributed by atoms with Crippen LogP contribution in [0.25, 0.3) is 0 Å². The van der Waals surface area contributed by atoms with Crippen molar-refractivity contribution in [2.45, 2.75) is 51.5 Å². The predicted octanol–water partition coefficient (Wildman–Crippen LogP) is 4.51. The van der Waals surface area contributed by atoms with Gasteiger partial charge in [0, 0.05) is 11.6 Å². The number of benzene rings is 2. The molecule has 0 fully saturated rings. The standard InChI is InChI=1S/C22H29NO5S/c1-5-12-27-21-11-10-18(15-22(21)28-13-6-2)16(3)23-29(25,26)20-9-7-8-19(14-20)17(4)24/h7-11,14-16,23H,5-6,12-13H2,1-4H3. The Hall–Kier alpha value is -2.38. The molecular weight excluding hydrogens is 390 g/mol. The lowest BCUT2D eigenvalue weighted by atomic mass is 10.1. The van der Waals surface area contributed by atoms with E-state index in [0.717, 1.165) is 18.4 Å². The van der Waals surface area contributed by atoms with E-state index < -0.39 is 16.1 Å². The third-order valence-corrected chi connectivity index (χ3v) is 5.81. The fraction of sp³-hybridized carbons (Fsp3) is 0.409. The predicted molar refractivity (Wildman–Crippen MR) is 113 cm³/mol. The first-order valence-corrected chi connectivity index (χ1v) is 11.3. The highest BCUT2D eigenvalue weighted by atomic mass is 32.2. The van der Waals surface area contributed by atoms with Crippen LogP contribution in [0.4, 0.5) is 0 Å². The van der Waals surface area contributed by atoms with Crippen LogP contribution in [0.15, 0.2) is 47.4 Å². The van der Waals surface area contributed by atoms with Gasteiger partial charge >= 0.3 is 0 Å². The first-order chi connectivity index (χ1) is 13.8. The van der Waals surface area contributed by atoms with E-state index in [0.29, 0.717) is 30.3 Å². The molecule has 0 saturated heterocycles.